The van der Waals surface area contributed by atoms with Crippen LogP contribution in [0.4, 0.5) is 5.69 Å². The molecule has 1 fully saturated rings. The quantitative estimate of drug-likeness (QED) is 0.846. The van der Waals surface area contributed by atoms with E-state index in [-0.39, 0.29) is 30.7 Å². The van der Waals surface area contributed by atoms with Crippen molar-refractivity contribution < 1.29 is 4.79 Å². The summed E-state index contributed by atoms with van der Waals surface area (Å²) in [6, 6.07) is 7.83. The molecule has 2 N–H and O–H groups in total. The minimum absolute atomic E-state index is 0. The average molecular weight is 320 g/mol. The Kier molecular flexibility index (Phi) is 7.94. The maximum atomic E-state index is 12.2. The molecule has 0 radical (unpaired) electrons. The molecule has 1 aromatic carbocycles. The Hall–Kier alpha value is -0.970. The van der Waals surface area contributed by atoms with Crippen molar-refractivity contribution in [3.8, 4) is 0 Å². The van der Waals surface area contributed by atoms with Gasteiger partial charge in [-0.1, -0.05) is 12.1 Å². The Labute approximate surface area is 133 Å². The standard InChI is InChI=1S/C14H21N3O.2ClH/c1-11-10-16(2)7-8-17(11)14(18)9-12-3-5-13(15)6-4-12;;/h3-6,11H,7-10,15H2,1-2H3;2*1H. The second-order valence-corrected chi connectivity index (χ2v) is 5.12. The van der Waals surface area contributed by atoms with E-state index in [1.54, 1.807) is 0 Å². The molecule has 0 aliphatic carbocycles. The van der Waals surface area contributed by atoms with Gasteiger partial charge in [-0.05, 0) is 31.7 Å². The van der Waals surface area contributed by atoms with Gasteiger partial charge in [-0.2, -0.15) is 0 Å². The Morgan fingerprint density at radius 1 is 1.25 bits per heavy atom. The zero-order valence-electron chi connectivity index (χ0n) is 11.9. The number of benzene rings is 1. The predicted molar refractivity (Wildman–Crippen MR) is 87.7 cm³/mol. The number of carbonyl (C=O) groups is 1. The molecule has 20 heavy (non-hydrogen) atoms. The second-order valence-electron chi connectivity index (χ2n) is 5.12. The molecule has 0 spiro atoms. The zero-order valence-corrected chi connectivity index (χ0v) is 13.5. The lowest BCUT2D eigenvalue weighted by Gasteiger charge is -2.38. The first kappa shape index (κ1) is 19.0. The molecule has 1 amide bonds. The van der Waals surface area contributed by atoms with Gasteiger partial charge in [0.15, 0.2) is 0 Å². The van der Waals surface area contributed by atoms with Crippen LogP contribution in [0.1, 0.15) is 12.5 Å². The number of anilines is 1. The van der Waals surface area contributed by atoms with Gasteiger partial charge < -0.3 is 15.5 Å². The Bertz CT molecular complexity index is 425. The highest BCUT2D eigenvalue weighted by Gasteiger charge is 2.25. The summed E-state index contributed by atoms with van der Waals surface area (Å²) in [5.41, 5.74) is 7.40. The summed E-state index contributed by atoms with van der Waals surface area (Å²) < 4.78 is 0. The highest BCUT2D eigenvalue weighted by Crippen LogP contribution is 2.12. The molecule has 4 nitrogen and oxygen atoms in total. The number of likely N-dealkylation sites (N-methyl/N-ethyl adjacent to an activating group) is 1. The number of piperazine rings is 1. The van der Waals surface area contributed by atoms with E-state index in [9.17, 15) is 4.79 Å². The van der Waals surface area contributed by atoms with Crippen molar-refractivity contribution in [2.45, 2.75) is 19.4 Å². The molecule has 6 heteroatoms. The monoisotopic (exact) mass is 319 g/mol. The van der Waals surface area contributed by atoms with Crippen molar-refractivity contribution in [2.24, 2.45) is 0 Å². The molecule has 1 aromatic rings. The summed E-state index contributed by atoms with van der Waals surface area (Å²) in [5, 5.41) is 0. The molecule has 0 bridgehead atoms. The van der Waals surface area contributed by atoms with E-state index in [1.165, 1.54) is 0 Å². The summed E-state index contributed by atoms with van der Waals surface area (Å²) in [4.78, 5) is 16.5. The molecule has 1 heterocycles. The highest BCUT2D eigenvalue weighted by atomic mass is 35.5. The molecule has 1 unspecified atom stereocenters. The van der Waals surface area contributed by atoms with E-state index in [1.807, 2.05) is 29.2 Å². The summed E-state index contributed by atoms with van der Waals surface area (Å²) in [7, 11) is 2.10. The van der Waals surface area contributed by atoms with Gasteiger partial charge in [-0.25, -0.2) is 0 Å². The minimum Gasteiger partial charge on any atom is -0.399 e. The number of nitrogens with zero attached hydrogens (tertiary/aromatic N) is 2. The van der Waals surface area contributed by atoms with Crippen molar-refractivity contribution >= 4 is 36.4 Å². The third-order valence-electron chi connectivity index (χ3n) is 3.49. The first-order valence-electron chi connectivity index (χ1n) is 6.38. The molecular weight excluding hydrogens is 297 g/mol. The van der Waals surface area contributed by atoms with E-state index in [4.69, 9.17) is 5.73 Å². The van der Waals surface area contributed by atoms with Crippen LogP contribution in [0.2, 0.25) is 0 Å². The van der Waals surface area contributed by atoms with E-state index < -0.39 is 0 Å². The number of hydrogen-bond donors (Lipinski definition) is 1. The lowest BCUT2D eigenvalue weighted by atomic mass is 10.1. The smallest absolute Gasteiger partial charge is 0.227 e. The lowest BCUT2D eigenvalue weighted by molar-refractivity contribution is -0.134. The van der Waals surface area contributed by atoms with Crippen molar-refractivity contribution in [1.29, 1.82) is 0 Å². The molecular formula is C14H23Cl2N3O. The third kappa shape index (κ3) is 4.85. The van der Waals surface area contributed by atoms with Gasteiger partial charge in [0.25, 0.3) is 0 Å². The lowest BCUT2D eigenvalue weighted by Crippen LogP contribution is -2.53. The molecule has 1 atom stereocenters. The fourth-order valence-corrected chi connectivity index (χ4v) is 2.42. The van der Waals surface area contributed by atoms with E-state index >= 15 is 0 Å². The summed E-state index contributed by atoms with van der Waals surface area (Å²) >= 11 is 0. The number of amides is 1. The number of halogens is 2. The highest BCUT2D eigenvalue weighted by molar-refractivity contribution is 5.85. The van der Waals surface area contributed by atoms with Crippen molar-refractivity contribution in [3.63, 3.8) is 0 Å². The molecule has 1 aliphatic heterocycles. The van der Waals surface area contributed by atoms with Crippen LogP contribution in [-0.4, -0.2) is 48.4 Å². The van der Waals surface area contributed by atoms with Crippen molar-refractivity contribution in [3.05, 3.63) is 29.8 Å². The zero-order chi connectivity index (χ0) is 13.1. The van der Waals surface area contributed by atoms with Gasteiger partial charge in [-0.3, -0.25) is 4.79 Å². The molecule has 2 rings (SSSR count). The molecule has 1 saturated heterocycles. The summed E-state index contributed by atoms with van der Waals surface area (Å²) in [6.07, 6.45) is 0.467. The maximum absolute atomic E-state index is 12.2. The second kappa shape index (κ2) is 8.35. The van der Waals surface area contributed by atoms with Gasteiger partial charge >= 0.3 is 0 Å². The molecule has 114 valence electrons. The van der Waals surface area contributed by atoms with E-state index in [2.05, 4.69) is 18.9 Å². The van der Waals surface area contributed by atoms with Crippen LogP contribution in [0.3, 0.4) is 0 Å². The van der Waals surface area contributed by atoms with Crippen molar-refractivity contribution in [1.82, 2.24) is 9.80 Å². The number of rotatable bonds is 2. The van der Waals surface area contributed by atoms with Crippen LogP contribution < -0.4 is 5.73 Å². The number of nitrogens with two attached hydrogens (primary N) is 1. The number of hydrogen-bond acceptors (Lipinski definition) is 3. The number of carbonyl (C=O) groups excluding carboxylic acids is 1. The molecule has 1 aliphatic rings. The SMILES string of the molecule is CC1CN(C)CCN1C(=O)Cc1ccc(N)cc1.Cl.Cl. The van der Waals surface area contributed by atoms with Crippen LogP contribution in [0.15, 0.2) is 24.3 Å². The van der Waals surface area contributed by atoms with Gasteiger partial charge in [0, 0.05) is 31.4 Å². The van der Waals surface area contributed by atoms with Crippen LogP contribution >= 0.6 is 24.8 Å². The molecule has 0 aromatic heterocycles. The maximum Gasteiger partial charge on any atom is 0.227 e. The van der Waals surface area contributed by atoms with E-state index in [0.29, 0.717) is 12.5 Å². The van der Waals surface area contributed by atoms with Gasteiger partial charge in [0.2, 0.25) is 5.91 Å². The van der Waals surface area contributed by atoms with Crippen LogP contribution in [0.5, 0.6) is 0 Å². The van der Waals surface area contributed by atoms with Crippen molar-refractivity contribution in [2.75, 3.05) is 32.4 Å². The van der Waals surface area contributed by atoms with Crippen LogP contribution in [-0.2, 0) is 11.2 Å². The molecule has 0 saturated carbocycles. The summed E-state index contributed by atoms with van der Waals surface area (Å²) in [5.74, 6) is 0.209. The number of nitrogen functional groups attached to an aromatic ring is 1. The third-order valence-corrected chi connectivity index (χ3v) is 3.49. The fourth-order valence-electron chi connectivity index (χ4n) is 2.42. The van der Waals surface area contributed by atoms with Gasteiger partial charge in [0.05, 0.1) is 6.42 Å². The normalized spacial score (nSPS) is 18.9. The average Bonchev–Trinajstić information content (AvgIpc) is 2.32. The largest absolute Gasteiger partial charge is 0.399 e. The van der Waals surface area contributed by atoms with Gasteiger partial charge in [0.1, 0.15) is 0 Å². The first-order valence-corrected chi connectivity index (χ1v) is 6.38. The fraction of sp³-hybridized carbons (Fsp3) is 0.500. The predicted octanol–water partition coefficient (Wildman–Crippen LogP) is 1.82. The Morgan fingerprint density at radius 3 is 2.40 bits per heavy atom. The van der Waals surface area contributed by atoms with E-state index in [0.717, 1.165) is 30.9 Å². The van der Waals surface area contributed by atoms with Crippen LogP contribution in [0, 0.1) is 0 Å². The Morgan fingerprint density at radius 2 is 1.85 bits per heavy atom. The topological polar surface area (TPSA) is 49.6 Å². The summed E-state index contributed by atoms with van der Waals surface area (Å²) in [6.45, 7) is 4.84. The first-order chi connectivity index (χ1) is 8.56. The van der Waals surface area contributed by atoms with Crippen LogP contribution in [0.25, 0.3) is 0 Å². The van der Waals surface area contributed by atoms with Gasteiger partial charge in [-0.15, -0.1) is 24.8 Å². The Balaban J connectivity index is 0.00000180. The minimum atomic E-state index is 0.